The quantitative estimate of drug-likeness (QED) is 0.230. The summed E-state index contributed by atoms with van der Waals surface area (Å²) >= 11 is 12.0. The summed E-state index contributed by atoms with van der Waals surface area (Å²) in [6, 6.07) is 11.3. The molecule has 1 amide bonds. The number of nitro groups is 1. The van der Waals surface area contributed by atoms with Gasteiger partial charge in [-0.05, 0) is 42.5 Å². The van der Waals surface area contributed by atoms with Crippen LogP contribution in [0.5, 0.6) is 0 Å². The molecule has 1 heterocycles. The molecular weight excluding hydrogens is 449 g/mol. The van der Waals surface area contributed by atoms with Crippen LogP contribution in [-0.4, -0.2) is 30.1 Å². The second kappa shape index (κ2) is 9.41. The van der Waals surface area contributed by atoms with Crippen LogP contribution in [0.15, 0.2) is 57.9 Å². The number of furan rings is 1. The van der Waals surface area contributed by atoms with Gasteiger partial charge in [-0.1, -0.05) is 23.2 Å². The van der Waals surface area contributed by atoms with Gasteiger partial charge in [0.05, 0.1) is 41.4 Å². The molecule has 9 nitrogen and oxygen atoms in total. The molecule has 1 N–H and O–H groups in total. The first-order valence-electron chi connectivity index (χ1n) is 8.55. The molecule has 31 heavy (non-hydrogen) atoms. The Morgan fingerprint density at radius 2 is 1.94 bits per heavy atom. The van der Waals surface area contributed by atoms with Crippen molar-refractivity contribution in [3.05, 3.63) is 85.6 Å². The normalized spacial score (nSPS) is 10.8. The molecule has 3 rings (SSSR count). The maximum atomic E-state index is 12.7. The van der Waals surface area contributed by atoms with Crippen molar-refractivity contribution in [2.24, 2.45) is 4.99 Å². The third kappa shape index (κ3) is 5.27. The number of amides is 1. The maximum Gasteiger partial charge on any atom is 0.433 e. The number of aliphatic imine (C=N–C) groups is 1. The molecule has 158 valence electrons. The fraction of sp³-hybridized carbons (Fsp3) is 0.0500. The minimum atomic E-state index is -0.691. The number of hydrogen-bond acceptors (Lipinski definition) is 7. The first-order chi connectivity index (χ1) is 14.8. The summed E-state index contributed by atoms with van der Waals surface area (Å²) in [4.78, 5) is 38.9. The van der Waals surface area contributed by atoms with E-state index in [0.717, 1.165) is 0 Å². The van der Waals surface area contributed by atoms with Crippen molar-refractivity contribution < 1.29 is 23.7 Å². The molecule has 0 aliphatic heterocycles. The van der Waals surface area contributed by atoms with Gasteiger partial charge in [-0.2, -0.15) is 0 Å². The molecule has 0 radical (unpaired) electrons. The number of hydrogen-bond donors (Lipinski definition) is 1. The van der Waals surface area contributed by atoms with Crippen molar-refractivity contribution in [1.29, 1.82) is 0 Å². The van der Waals surface area contributed by atoms with E-state index in [-0.39, 0.29) is 22.6 Å². The number of halogens is 2. The van der Waals surface area contributed by atoms with Crippen LogP contribution in [0.25, 0.3) is 0 Å². The van der Waals surface area contributed by atoms with E-state index in [1.807, 2.05) is 0 Å². The van der Waals surface area contributed by atoms with Gasteiger partial charge in [0, 0.05) is 10.6 Å². The third-order valence-electron chi connectivity index (χ3n) is 3.97. The first kappa shape index (κ1) is 22.0. The Hall–Kier alpha value is -3.69. The zero-order valence-electron chi connectivity index (χ0n) is 15.8. The predicted molar refractivity (Wildman–Crippen MR) is 115 cm³/mol. The Bertz CT molecular complexity index is 1210. The molecule has 0 saturated heterocycles. The SMILES string of the molecule is COC(=O)c1ccc(C(=O)Nc2cc(Cl)ccc2Cl)cc1N=Cc1ccc([N+](=O)[O-])o1. The van der Waals surface area contributed by atoms with E-state index >= 15 is 0 Å². The summed E-state index contributed by atoms with van der Waals surface area (Å²) in [6.07, 6.45) is 1.18. The number of rotatable bonds is 6. The average Bonchev–Trinajstić information content (AvgIpc) is 3.23. The molecule has 11 heteroatoms. The minimum Gasteiger partial charge on any atom is -0.465 e. The van der Waals surface area contributed by atoms with Crippen LogP contribution in [0.4, 0.5) is 17.3 Å². The van der Waals surface area contributed by atoms with Gasteiger partial charge in [-0.15, -0.1) is 0 Å². The lowest BCUT2D eigenvalue weighted by Crippen LogP contribution is -2.13. The Morgan fingerprint density at radius 1 is 1.16 bits per heavy atom. The monoisotopic (exact) mass is 461 g/mol. The van der Waals surface area contributed by atoms with Crippen LogP contribution in [0.3, 0.4) is 0 Å². The summed E-state index contributed by atoms with van der Waals surface area (Å²) in [6.45, 7) is 0. The number of carbonyl (C=O) groups is 2. The van der Waals surface area contributed by atoms with Crippen LogP contribution in [-0.2, 0) is 4.74 Å². The molecular formula is C20H13Cl2N3O6. The van der Waals surface area contributed by atoms with Crippen LogP contribution >= 0.6 is 23.2 Å². The highest BCUT2D eigenvalue weighted by molar-refractivity contribution is 6.35. The van der Waals surface area contributed by atoms with Crippen LogP contribution in [0.1, 0.15) is 26.5 Å². The fourth-order valence-electron chi connectivity index (χ4n) is 2.49. The van der Waals surface area contributed by atoms with E-state index in [4.69, 9.17) is 32.4 Å². The topological polar surface area (TPSA) is 124 Å². The van der Waals surface area contributed by atoms with Crippen molar-refractivity contribution >= 4 is 58.6 Å². The summed E-state index contributed by atoms with van der Waals surface area (Å²) in [5, 5.41) is 14.0. The highest BCUT2D eigenvalue weighted by atomic mass is 35.5. The van der Waals surface area contributed by atoms with E-state index in [2.05, 4.69) is 10.3 Å². The number of esters is 1. The molecule has 3 aromatic rings. The Balaban J connectivity index is 1.93. The van der Waals surface area contributed by atoms with Crippen LogP contribution in [0.2, 0.25) is 10.0 Å². The molecule has 0 fully saturated rings. The first-order valence-corrected chi connectivity index (χ1v) is 9.31. The summed E-state index contributed by atoms with van der Waals surface area (Å²) in [5.74, 6) is -1.57. The summed E-state index contributed by atoms with van der Waals surface area (Å²) in [7, 11) is 1.20. The molecule has 0 atom stereocenters. The second-order valence-corrected chi connectivity index (χ2v) is 6.84. The van der Waals surface area contributed by atoms with E-state index in [1.54, 1.807) is 6.07 Å². The fourth-order valence-corrected chi connectivity index (χ4v) is 2.83. The highest BCUT2D eigenvalue weighted by Gasteiger charge is 2.16. The number of nitrogens with zero attached hydrogens (tertiary/aromatic N) is 2. The number of ether oxygens (including phenoxy) is 1. The van der Waals surface area contributed by atoms with Gasteiger partial charge in [0.15, 0.2) is 5.76 Å². The second-order valence-electron chi connectivity index (χ2n) is 5.99. The number of anilines is 1. The van der Waals surface area contributed by atoms with Crippen molar-refractivity contribution in [3.8, 4) is 0 Å². The molecule has 0 aliphatic carbocycles. The summed E-state index contributed by atoms with van der Waals surface area (Å²) < 4.78 is 9.73. The number of carbonyl (C=O) groups excluding carboxylic acids is 2. The molecule has 1 aromatic heterocycles. The van der Waals surface area contributed by atoms with Gasteiger partial charge >= 0.3 is 11.9 Å². The lowest BCUT2D eigenvalue weighted by atomic mass is 10.1. The van der Waals surface area contributed by atoms with E-state index in [9.17, 15) is 19.7 Å². The van der Waals surface area contributed by atoms with Crippen molar-refractivity contribution in [3.63, 3.8) is 0 Å². The summed E-state index contributed by atoms with van der Waals surface area (Å²) in [5.41, 5.74) is 0.651. The number of nitrogens with one attached hydrogen (secondary N) is 1. The third-order valence-corrected chi connectivity index (χ3v) is 4.53. The molecule has 0 spiro atoms. The molecule has 0 aliphatic rings. The van der Waals surface area contributed by atoms with E-state index < -0.39 is 22.7 Å². The van der Waals surface area contributed by atoms with Gasteiger partial charge in [-0.3, -0.25) is 19.9 Å². The molecule has 0 bridgehead atoms. The van der Waals surface area contributed by atoms with Gasteiger partial charge in [0.2, 0.25) is 0 Å². The van der Waals surface area contributed by atoms with Gasteiger partial charge in [0.25, 0.3) is 5.91 Å². The Morgan fingerprint density at radius 3 is 2.61 bits per heavy atom. The van der Waals surface area contributed by atoms with Gasteiger partial charge in [-0.25, -0.2) is 4.79 Å². The van der Waals surface area contributed by atoms with Crippen LogP contribution in [0, 0.1) is 10.1 Å². The lowest BCUT2D eigenvalue weighted by molar-refractivity contribution is -0.402. The smallest absolute Gasteiger partial charge is 0.433 e. The van der Waals surface area contributed by atoms with Gasteiger partial charge < -0.3 is 14.5 Å². The van der Waals surface area contributed by atoms with E-state index in [1.165, 1.54) is 55.8 Å². The van der Waals surface area contributed by atoms with Crippen molar-refractivity contribution in [2.75, 3.05) is 12.4 Å². The lowest BCUT2D eigenvalue weighted by Gasteiger charge is -2.10. The van der Waals surface area contributed by atoms with Crippen molar-refractivity contribution in [1.82, 2.24) is 0 Å². The van der Waals surface area contributed by atoms with Crippen LogP contribution < -0.4 is 5.32 Å². The molecule has 0 unspecified atom stereocenters. The Labute approximate surface area is 185 Å². The molecule has 0 saturated carbocycles. The Kier molecular flexibility index (Phi) is 6.68. The van der Waals surface area contributed by atoms with E-state index in [0.29, 0.717) is 15.7 Å². The van der Waals surface area contributed by atoms with Crippen molar-refractivity contribution in [2.45, 2.75) is 0 Å². The zero-order chi connectivity index (χ0) is 22.5. The minimum absolute atomic E-state index is 0.0807. The predicted octanol–water partition coefficient (Wildman–Crippen LogP) is 5.28. The number of benzene rings is 2. The average molecular weight is 462 g/mol. The largest absolute Gasteiger partial charge is 0.465 e. The standard InChI is InChI=1S/C20H13Cl2N3O6/c1-30-20(27)14-5-2-11(19(26)24-17-9-12(21)3-6-15(17)22)8-16(14)23-10-13-4-7-18(31-13)25(28)29/h2-10H,1H3,(H,24,26). The van der Waals surface area contributed by atoms with Gasteiger partial charge in [0.1, 0.15) is 4.92 Å². The zero-order valence-corrected chi connectivity index (χ0v) is 17.3. The maximum absolute atomic E-state index is 12.7. The molecule has 2 aromatic carbocycles. The number of methoxy groups -OCH3 is 1. The highest BCUT2D eigenvalue weighted by Crippen LogP contribution is 2.27.